The molecule has 180 valence electrons. The molecule has 1 aliphatic rings. The normalized spacial score (nSPS) is 24.7. The molecule has 2 heterocycles. The Balaban J connectivity index is 1.80. The molecule has 8 N–H and O–H groups in total. The van der Waals surface area contributed by atoms with Crippen LogP contribution in [0.4, 0.5) is 0 Å². The quantitative estimate of drug-likeness (QED) is 0.223. The number of hydrogen-bond donors (Lipinski definition) is 8. The van der Waals surface area contributed by atoms with Crippen molar-refractivity contribution in [2.75, 3.05) is 0 Å². The number of aliphatic hydroxyl groups is 3. The summed E-state index contributed by atoms with van der Waals surface area (Å²) < 4.78 is 15.7. The van der Waals surface area contributed by atoms with Crippen LogP contribution in [0.15, 0.2) is 39.5 Å². The maximum absolute atomic E-state index is 12.7. The molecule has 1 saturated heterocycles. The zero-order valence-electron chi connectivity index (χ0n) is 16.9. The van der Waals surface area contributed by atoms with Crippen LogP contribution in [0, 0.1) is 0 Å². The number of carbonyl (C=O) groups is 1. The van der Waals surface area contributed by atoms with Crippen LogP contribution in [0.2, 0.25) is 0 Å². The number of fused-ring (bicyclic) bond motifs is 1. The largest absolute Gasteiger partial charge is 0.508 e. The Kier molecular flexibility index (Phi) is 5.70. The van der Waals surface area contributed by atoms with Gasteiger partial charge in [0.05, 0.1) is 0 Å². The Morgan fingerprint density at radius 2 is 1.53 bits per heavy atom. The number of rotatable bonds is 4. The molecule has 13 heteroatoms. The fourth-order valence-electron chi connectivity index (χ4n) is 3.46. The molecule has 0 bridgehead atoms. The monoisotopic (exact) mass is 478 g/mol. The second kappa shape index (κ2) is 8.39. The van der Waals surface area contributed by atoms with Crippen molar-refractivity contribution in [3.05, 3.63) is 40.6 Å². The number of hydrogen-bond acceptors (Lipinski definition) is 12. The summed E-state index contributed by atoms with van der Waals surface area (Å²) in [6.45, 7) is 0. The maximum Gasteiger partial charge on any atom is 0.335 e. The summed E-state index contributed by atoms with van der Waals surface area (Å²) in [5, 5.41) is 78.7. The molecule has 0 spiro atoms. The first-order chi connectivity index (χ1) is 16.0. The number of aliphatic hydroxyl groups excluding tert-OH is 3. The second-order valence-corrected chi connectivity index (χ2v) is 7.45. The van der Waals surface area contributed by atoms with Crippen molar-refractivity contribution in [3.8, 4) is 40.1 Å². The van der Waals surface area contributed by atoms with Crippen LogP contribution in [0.5, 0.6) is 28.7 Å². The summed E-state index contributed by atoms with van der Waals surface area (Å²) in [7, 11) is 0. The van der Waals surface area contributed by atoms with Crippen molar-refractivity contribution in [2.45, 2.75) is 30.7 Å². The number of ether oxygens (including phenoxy) is 2. The molecule has 3 aromatic rings. The van der Waals surface area contributed by atoms with Gasteiger partial charge in [0.15, 0.2) is 23.4 Å². The predicted molar refractivity (Wildman–Crippen MR) is 110 cm³/mol. The van der Waals surface area contributed by atoms with Gasteiger partial charge in [-0.2, -0.15) is 0 Å². The molecule has 5 atom stereocenters. The predicted octanol–water partition coefficient (Wildman–Crippen LogP) is -0.447. The van der Waals surface area contributed by atoms with Gasteiger partial charge in [-0.25, -0.2) is 4.79 Å². The molecular formula is C21H18O13. The lowest BCUT2D eigenvalue weighted by molar-refractivity contribution is -0.271. The maximum atomic E-state index is 12.7. The highest BCUT2D eigenvalue weighted by atomic mass is 16.7. The van der Waals surface area contributed by atoms with Gasteiger partial charge in [-0.1, -0.05) is 0 Å². The Labute approximate surface area is 188 Å². The van der Waals surface area contributed by atoms with Crippen LogP contribution >= 0.6 is 0 Å². The zero-order valence-corrected chi connectivity index (χ0v) is 16.9. The first-order valence-corrected chi connectivity index (χ1v) is 9.64. The molecule has 1 fully saturated rings. The van der Waals surface area contributed by atoms with Gasteiger partial charge >= 0.3 is 5.97 Å². The molecule has 1 aliphatic heterocycles. The fourth-order valence-corrected chi connectivity index (χ4v) is 3.46. The van der Waals surface area contributed by atoms with E-state index >= 15 is 0 Å². The summed E-state index contributed by atoms with van der Waals surface area (Å²) in [5.41, 5.74) is -1.32. The van der Waals surface area contributed by atoms with Crippen LogP contribution < -0.4 is 10.2 Å². The van der Waals surface area contributed by atoms with E-state index in [1.54, 1.807) is 0 Å². The van der Waals surface area contributed by atoms with Crippen LogP contribution in [0.1, 0.15) is 0 Å². The van der Waals surface area contributed by atoms with Gasteiger partial charge < -0.3 is 54.7 Å². The average molecular weight is 478 g/mol. The van der Waals surface area contributed by atoms with Crippen molar-refractivity contribution in [1.29, 1.82) is 0 Å². The molecule has 2 aromatic carbocycles. The summed E-state index contributed by atoms with van der Waals surface area (Å²) >= 11 is 0. The molecule has 0 saturated carbocycles. The van der Waals surface area contributed by atoms with Gasteiger partial charge in [-0.05, 0) is 24.3 Å². The SMILES string of the molecule is O=C(O)[C@H]1O[C@@H](Oc2cc3oc(-c4ccc(O)cc4)c(O)c(=O)c3c(O)c2O)[C@H](O)[C@@H](O)[C@@H]1O. The molecule has 4 rings (SSSR count). The van der Waals surface area contributed by atoms with E-state index in [2.05, 4.69) is 0 Å². The van der Waals surface area contributed by atoms with Crippen LogP contribution in [-0.4, -0.2) is 77.5 Å². The van der Waals surface area contributed by atoms with Gasteiger partial charge in [0.25, 0.3) is 0 Å². The molecule has 34 heavy (non-hydrogen) atoms. The van der Waals surface area contributed by atoms with Crippen molar-refractivity contribution >= 4 is 16.9 Å². The molecular weight excluding hydrogens is 460 g/mol. The number of phenols is 3. The third-order valence-corrected chi connectivity index (χ3v) is 5.26. The standard InChI is InChI=1S/C21H18O13/c22-7-3-1-6(2-4-7)18-15(27)13(25)10-8(32-18)5-9(11(23)12(10)24)33-21-17(29)14(26)16(28)19(34-21)20(30)31/h1-5,14,16-17,19,21-24,26-29H,(H,30,31)/t14-,16-,17+,19-,21+/m0/s1. The van der Waals surface area contributed by atoms with Crippen molar-refractivity contribution < 1.29 is 59.5 Å². The van der Waals surface area contributed by atoms with E-state index in [1.165, 1.54) is 24.3 Å². The lowest BCUT2D eigenvalue weighted by Gasteiger charge is -2.38. The minimum absolute atomic E-state index is 0.0948. The third kappa shape index (κ3) is 3.72. The van der Waals surface area contributed by atoms with Gasteiger partial charge in [-0.15, -0.1) is 0 Å². The van der Waals surface area contributed by atoms with E-state index in [0.717, 1.165) is 6.07 Å². The number of aromatic hydroxyl groups is 4. The minimum Gasteiger partial charge on any atom is -0.508 e. The third-order valence-electron chi connectivity index (χ3n) is 5.26. The highest BCUT2D eigenvalue weighted by molar-refractivity contribution is 5.91. The first kappa shape index (κ1) is 23.1. The van der Waals surface area contributed by atoms with Gasteiger partial charge in [-0.3, -0.25) is 4.79 Å². The molecule has 0 aliphatic carbocycles. The fraction of sp³-hybridized carbons (Fsp3) is 0.238. The van der Waals surface area contributed by atoms with Crippen molar-refractivity contribution in [3.63, 3.8) is 0 Å². The number of carboxylic acid groups (broad SMARTS) is 1. The van der Waals surface area contributed by atoms with E-state index in [4.69, 9.17) is 19.0 Å². The second-order valence-electron chi connectivity index (χ2n) is 7.45. The molecule has 0 unspecified atom stereocenters. The van der Waals surface area contributed by atoms with Crippen LogP contribution in [0.3, 0.4) is 0 Å². The Morgan fingerprint density at radius 1 is 0.882 bits per heavy atom. The summed E-state index contributed by atoms with van der Waals surface area (Å²) in [6.07, 6.45) is -9.87. The van der Waals surface area contributed by atoms with Crippen molar-refractivity contribution in [2.24, 2.45) is 0 Å². The van der Waals surface area contributed by atoms with Crippen LogP contribution in [-0.2, 0) is 9.53 Å². The van der Waals surface area contributed by atoms with E-state index in [0.29, 0.717) is 0 Å². The van der Waals surface area contributed by atoms with E-state index in [1.807, 2.05) is 0 Å². The van der Waals surface area contributed by atoms with E-state index in [9.17, 15) is 45.3 Å². The van der Waals surface area contributed by atoms with Gasteiger partial charge in [0, 0.05) is 11.6 Å². The van der Waals surface area contributed by atoms with Gasteiger partial charge in [0.1, 0.15) is 35.0 Å². The average Bonchev–Trinajstić information content (AvgIpc) is 2.80. The Morgan fingerprint density at radius 3 is 2.15 bits per heavy atom. The summed E-state index contributed by atoms with van der Waals surface area (Å²) in [4.78, 5) is 23.9. The number of phenolic OH excluding ortho intramolecular Hbond substituents is 3. The number of aliphatic carboxylic acids is 1. The molecule has 0 amide bonds. The minimum atomic E-state index is -1.99. The highest BCUT2D eigenvalue weighted by Crippen LogP contribution is 2.44. The Hall–Kier alpha value is -4.04. The molecule has 13 nitrogen and oxygen atoms in total. The molecule has 0 radical (unpaired) electrons. The first-order valence-electron chi connectivity index (χ1n) is 9.64. The smallest absolute Gasteiger partial charge is 0.335 e. The van der Waals surface area contributed by atoms with E-state index in [-0.39, 0.29) is 17.1 Å². The summed E-state index contributed by atoms with van der Waals surface area (Å²) in [5.74, 6) is -5.75. The lowest BCUT2D eigenvalue weighted by atomic mass is 9.99. The molecule has 1 aromatic heterocycles. The highest BCUT2D eigenvalue weighted by Gasteiger charge is 2.48. The number of carboxylic acids is 1. The summed E-state index contributed by atoms with van der Waals surface area (Å²) in [6, 6.07) is 6.10. The zero-order chi connectivity index (χ0) is 24.9. The van der Waals surface area contributed by atoms with Crippen molar-refractivity contribution in [1.82, 2.24) is 0 Å². The van der Waals surface area contributed by atoms with E-state index < -0.39 is 76.1 Å². The van der Waals surface area contributed by atoms with Crippen LogP contribution in [0.25, 0.3) is 22.3 Å². The lowest BCUT2D eigenvalue weighted by Crippen LogP contribution is -2.61. The number of benzene rings is 2. The van der Waals surface area contributed by atoms with Gasteiger partial charge in [0.2, 0.25) is 23.2 Å². The Bertz CT molecular complexity index is 1310. The topological polar surface area (TPSA) is 228 Å².